The minimum Gasteiger partial charge on any atom is -0.494 e. The molecule has 1 heterocycles. The molecule has 5 nitrogen and oxygen atoms in total. The second kappa shape index (κ2) is 5.69. The van der Waals surface area contributed by atoms with E-state index in [-0.39, 0.29) is 11.9 Å². The standard InChI is InChI=1S/C13H17FN4O/c1-9(2)18-13(16-8-17-18)7-15-11-5-4-10(14)6-12(11)19-3/h4-6,8-9,15H,7H2,1-3H3. The van der Waals surface area contributed by atoms with Crippen LogP contribution in [0.5, 0.6) is 5.75 Å². The summed E-state index contributed by atoms with van der Waals surface area (Å²) in [7, 11) is 1.51. The number of hydrogen-bond acceptors (Lipinski definition) is 4. The molecule has 1 aromatic carbocycles. The fourth-order valence-corrected chi connectivity index (χ4v) is 1.82. The highest BCUT2D eigenvalue weighted by atomic mass is 19.1. The number of aromatic nitrogens is 3. The van der Waals surface area contributed by atoms with Crippen LogP contribution in [-0.2, 0) is 6.54 Å². The molecule has 0 saturated heterocycles. The van der Waals surface area contributed by atoms with Crippen molar-refractivity contribution in [2.45, 2.75) is 26.4 Å². The predicted molar refractivity (Wildman–Crippen MR) is 70.7 cm³/mol. The molecule has 2 aromatic rings. The second-order valence-electron chi connectivity index (χ2n) is 4.41. The van der Waals surface area contributed by atoms with Gasteiger partial charge in [0.1, 0.15) is 23.7 Å². The highest BCUT2D eigenvalue weighted by molar-refractivity contribution is 5.56. The molecule has 0 fully saturated rings. The molecule has 0 bridgehead atoms. The third-order valence-corrected chi connectivity index (χ3v) is 2.74. The molecule has 0 saturated carbocycles. The summed E-state index contributed by atoms with van der Waals surface area (Å²) in [6.07, 6.45) is 1.53. The van der Waals surface area contributed by atoms with Gasteiger partial charge < -0.3 is 10.1 Å². The molecule has 6 heteroatoms. The Bertz CT molecular complexity index is 553. The summed E-state index contributed by atoms with van der Waals surface area (Å²) in [5.74, 6) is 0.963. The van der Waals surface area contributed by atoms with Crippen LogP contribution >= 0.6 is 0 Å². The van der Waals surface area contributed by atoms with Gasteiger partial charge >= 0.3 is 0 Å². The van der Waals surface area contributed by atoms with E-state index in [2.05, 4.69) is 15.4 Å². The molecule has 0 spiro atoms. The van der Waals surface area contributed by atoms with E-state index in [1.54, 1.807) is 6.07 Å². The monoisotopic (exact) mass is 264 g/mol. The first-order chi connectivity index (χ1) is 9.11. The summed E-state index contributed by atoms with van der Waals surface area (Å²) in [5, 5.41) is 7.33. The van der Waals surface area contributed by atoms with Gasteiger partial charge in [-0.25, -0.2) is 14.1 Å². The number of nitrogens with zero attached hydrogens (tertiary/aromatic N) is 3. The van der Waals surface area contributed by atoms with Crippen LogP contribution in [0.1, 0.15) is 25.7 Å². The topological polar surface area (TPSA) is 52.0 Å². The molecule has 0 aliphatic heterocycles. The third kappa shape index (κ3) is 3.01. The average molecular weight is 264 g/mol. The lowest BCUT2D eigenvalue weighted by atomic mass is 10.3. The number of anilines is 1. The fourth-order valence-electron chi connectivity index (χ4n) is 1.82. The van der Waals surface area contributed by atoms with E-state index in [1.807, 2.05) is 18.5 Å². The van der Waals surface area contributed by atoms with Gasteiger partial charge in [-0.3, -0.25) is 0 Å². The first-order valence-electron chi connectivity index (χ1n) is 6.07. The van der Waals surface area contributed by atoms with Crippen molar-refractivity contribution in [3.05, 3.63) is 36.2 Å². The number of rotatable bonds is 5. The van der Waals surface area contributed by atoms with Crippen molar-refractivity contribution in [3.8, 4) is 5.75 Å². The highest BCUT2D eigenvalue weighted by Crippen LogP contribution is 2.25. The van der Waals surface area contributed by atoms with Gasteiger partial charge in [0.25, 0.3) is 0 Å². The number of nitrogens with one attached hydrogen (secondary N) is 1. The van der Waals surface area contributed by atoms with E-state index in [0.29, 0.717) is 12.3 Å². The van der Waals surface area contributed by atoms with Gasteiger partial charge in [0.05, 0.1) is 19.3 Å². The number of ether oxygens (including phenoxy) is 1. The molecule has 1 N–H and O–H groups in total. The van der Waals surface area contributed by atoms with Crippen LogP contribution in [0.3, 0.4) is 0 Å². The lowest BCUT2D eigenvalue weighted by Gasteiger charge is -2.13. The van der Waals surface area contributed by atoms with E-state index in [0.717, 1.165) is 11.5 Å². The van der Waals surface area contributed by atoms with Gasteiger partial charge in [-0.1, -0.05) is 0 Å². The summed E-state index contributed by atoms with van der Waals surface area (Å²) < 4.78 is 20.0. The van der Waals surface area contributed by atoms with Crippen molar-refractivity contribution in [2.24, 2.45) is 0 Å². The van der Waals surface area contributed by atoms with Gasteiger partial charge in [-0.2, -0.15) is 5.10 Å². The Morgan fingerprint density at radius 2 is 2.21 bits per heavy atom. The van der Waals surface area contributed by atoms with Crippen molar-refractivity contribution in [3.63, 3.8) is 0 Å². The van der Waals surface area contributed by atoms with Crippen LogP contribution in [0, 0.1) is 5.82 Å². The number of hydrogen-bond donors (Lipinski definition) is 1. The molecule has 102 valence electrons. The molecule has 0 aliphatic carbocycles. The van der Waals surface area contributed by atoms with Crippen LogP contribution in [0.15, 0.2) is 24.5 Å². The van der Waals surface area contributed by atoms with E-state index in [9.17, 15) is 4.39 Å². The minimum atomic E-state index is -0.326. The molecule has 1 aromatic heterocycles. The third-order valence-electron chi connectivity index (χ3n) is 2.74. The molecular formula is C13H17FN4O. The zero-order chi connectivity index (χ0) is 13.8. The van der Waals surface area contributed by atoms with E-state index < -0.39 is 0 Å². The van der Waals surface area contributed by atoms with Crippen molar-refractivity contribution in [1.29, 1.82) is 0 Å². The van der Waals surface area contributed by atoms with Crippen LogP contribution in [0.25, 0.3) is 0 Å². The van der Waals surface area contributed by atoms with Crippen molar-refractivity contribution in [2.75, 3.05) is 12.4 Å². The Hall–Kier alpha value is -2.11. The average Bonchev–Trinajstić information content (AvgIpc) is 2.85. The number of benzene rings is 1. The first-order valence-corrected chi connectivity index (χ1v) is 6.07. The van der Waals surface area contributed by atoms with Crippen molar-refractivity contribution >= 4 is 5.69 Å². The zero-order valence-electron chi connectivity index (χ0n) is 11.2. The predicted octanol–water partition coefficient (Wildman–Crippen LogP) is 2.62. The maximum atomic E-state index is 13.1. The van der Waals surface area contributed by atoms with E-state index in [4.69, 9.17) is 4.74 Å². The smallest absolute Gasteiger partial charge is 0.146 e. The number of methoxy groups -OCH3 is 1. The van der Waals surface area contributed by atoms with Crippen LogP contribution in [-0.4, -0.2) is 21.9 Å². The number of halogens is 1. The van der Waals surface area contributed by atoms with Gasteiger partial charge in [0, 0.05) is 12.1 Å². The highest BCUT2D eigenvalue weighted by Gasteiger charge is 2.09. The molecule has 0 unspecified atom stereocenters. The van der Waals surface area contributed by atoms with Crippen LogP contribution in [0.2, 0.25) is 0 Å². The lowest BCUT2D eigenvalue weighted by Crippen LogP contribution is -2.12. The maximum absolute atomic E-state index is 13.1. The van der Waals surface area contributed by atoms with Crippen LogP contribution < -0.4 is 10.1 Å². The van der Waals surface area contributed by atoms with Crippen LogP contribution in [0.4, 0.5) is 10.1 Å². The maximum Gasteiger partial charge on any atom is 0.146 e. The van der Waals surface area contributed by atoms with E-state index >= 15 is 0 Å². The van der Waals surface area contributed by atoms with Crippen molar-refractivity contribution in [1.82, 2.24) is 14.8 Å². The van der Waals surface area contributed by atoms with E-state index in [1.165, 1.54) is 25.6 Å². The van der Waals surface area contributed by atoms with Crippen molar-refractivity contribution < 1.29 is 9.13 Å². The summed E-state index contributed by atoms with van der Waals surface area (Å²) in [4.78, 5) is 4.20. The molecule has 0 radical (unpaired) electrons. The zero-order valence-corrected chi connectivity index (χ0v) is 11.2. The van der Waals surface area contributed by atoms with Gasteiger partial charge in [0.15, 0.2) is 0 Å². The largest absolute Gasteiger partial charge is 0.494 e. The quantitative estimate of drug-likeness (QED) is 0.902. The molecular weight excluding hydrogens is 247 g/mol. The molecule has 0 amide bonds. The molecule has 0 atom stereocenters. The Kier molecular flexibility index (Phi) is 3.99. The first kappa shape index (κ1) is 13.3. The Balaban J connectivity index is 2.12. The molecule has 0 aliphatic rings. The van der Waals surface area contributed by atoms with Gasteiger partial charge in [0.2, 0.25) is 0 Å². The molecule has 19 heavy (non-hydrogen) atoms. The Labute approximate surface area is 111 Å². The van der Waals surface area contributed by atoms with Gasteiger partial charge in [-0.15, -0.1) is 0 Å². The SMILES string of the molecule is COc1cc(F)ccc1NCc1ncnn1C(C)C. The second-order valence-corrected chi connectivity index (χ2v) is 4.41. The summed E-state index contributed by atoms with van der Waals surface area (Å²) in [5.41, 5.74) is 0.724. The minimum absolute atomic E-state index is 0.245. The molecule has 2 rings (SSSR count). The Morgan fingerprint density at radius 3 is 2.89 bits per heavy atom. The fraction of sp³-hybridized carbons (Fsp3) is 0.385. The lowest BCUT2D eigenvalue weighted by molar-refractivity contribution is 0.413. The summed E-state index contributed by atoms with van der Waals surface area (Å²) >= 11 is 0. The normalized spacial score (nSPS) is 10.8. The summed E-state index contributed by atoms with van der Waals surface area (Å²) in [6.45, 7) is 4.58. The van der Waals surface area contributed by atoms with Gasteiger partial charge in [-0.05, 0) is 26.0 Å². The Morgan fingerprint density at radius 1 is 1.42 bits per heavy atom. The summed E-state index contributed by atoms with van der Waals surface area (Å²) in [6, 6.07) is 4.62.